The number of anilines is 1. The van der Waals surface area contributed by atoms with Crippen LogP contribution in [0.1, 0.15) is 10.4 Å². The number of amides is 1. The van der Waals surface area contributed by atoms with Gasteiger partial charge < -0.3 is 10.1 Å². The number of benzene rings is 2. The summed E-state index contributed by atoms with van der Waals surface area (Å²) in [6.07, 6.45) is 0. The first-order valence-corrected chi connectivity index (χ1v) is 9.06. The van der Waals surface area contributed by atoms with Gasteiger partial charge in [-0.1, -0.05) is 24.3 Å². The normalized spacial score (nSPS) is 15.8. The molecule has 1 fully saturated rings. The minimum atomic E-state index is -3.62. The van der Waals surface area contributed by atoms with Crippen LogP contribution in [0.3, 0.4) is 0 Å². The summed E-state index contributed by atoms with van der Waals surface area (Å²) in [5.74, 6) is -0.347. The lowest BCUT2D eigenvalue weighted by Crippen LogP contribution is -2.40. The highest BCUT2D eigenvalue weighted by atomic mass is 32.2. The molecule has 0 aliphatic carbocycles. The summed E-state index contributed by atoms with van der Waals surface area (Å²) in [5.41, 5.74) is 0.956. The highest BCUT2D eigenvalue weighted by molar-refractivity contribution is 7.89. The molecule has 1 N–H and O–H groups in total. The minimum absolute atomic E-state index is 0.116. The van der Waals surface area contributed by atoms with Crippen LogP contribution in [0.5, 0.6) is 0 Å². The number of sulfonamides is 1. The Labute approximate surface area is 141 Å². The maximum Gasteiger partial charge on any atom is 0.255 e. The van der Waals surface area contributed by atoms with Crippen LogP contribution in [-0.4, -0.2) is 44.9 Å². The number of hydrogen-bond acceptors (Lipinski definition) is 4. The lowest BCUT2D eigenvalue weighted by molar-refractivity contribution is 0.0730. The number of carbonyl (C=O) groups excluding carboxylic acids is 1. The molecule has 2 aromatic rings. The van der Waals surface area contributed by atoms with Crippen LogP contribution in [0.25, 0.3) is 0 Å². The molecule has 0 spiro atoms. The Hall–Kier alpha value is -2.22. The van der Waals surface area contributed by atoms with Gasteiger partial charge in [0.1, 0.15) is 0 Å². The van der Waals surface area contributed by atoms with Crippen molar-refractivity contribution in [2.45, 2.75) is 4.90 Å². The van der Waals surface area contributed by atoms with E-state index in [9.17, 15) is 13.2 Å². The Morgan fingerprint density at radius 1 is 1.00 bits per heavy atom. The third kappa shape index (κ3) is 3.64. The largest absolute Gasteiger partial charge is 0.379 e. The van der Waals surface area contributed by atoms with Gasteiger partial charge in [-0.05, 0) is 30.3 Å². The summed E-state index contributed by atoms with van der Waals surface area (Å²) in [6, 6.07) is 15.1. The molecule has 0 bridgehead atoms. The van der Waals surface area contributed by atoms with Gasteiger partial charge in [0.05, 0.1) is 18.1 Å². The Morgan fingerprint density at radius 3 is 2.42 bits per heavy atom. The van der Waals surface area contributed by atoms with Gasteiger partial charge in [-0.3, -0.25) is 4.79 Å². The zero-order valence-corrected chi connectivity index (χ0v) is 13.8. The van der Waals surface area contributed by atoms with Gasteiger partial charge in [0.2, 0.25) is 10.0 Å². The summed E-state index contributed by atoms with van der Waals surface area (Å²) in [6.45, 7) is 1.41. The van der Waals surface area contributed by atoms with Crippen molar-refractivity contribution >= 4 is 21.6 Å². The average Bonchev–Trinajstić information content (AvgIpc) is 2.63. The van der Waals surface area contributed by atoms with E-state index in [-0.39, 0.29) is 10.8 Å². The number of hydrogen-bond donors (Lipinski definition) is 1. The Bertz CT molecular complexity index is 815. The highest BCUT2D eigenvalue weighted by Crippen LogP contribution is 2.19. The predicted molar refractivity (Wildman–Crippen MR) is 90.4 cm³/mol. The second-order valence-electron chi connectivity index (χ2n) is 5.36. The molecule has 24 heavy (non-hydrogen) atoms. The topological polar surface area (TPSA) is 75.7 Å². The molecular weight excluding hydrogens is 328 g/mol. The van der Waals surface area contributed by atoms with Crippen LogP contribution < -0.4 is 5.32 Å². The van der Waals surface area contributed by atoms with E-state index in [2.05, 4.69) is 5.32 Å². The average molecular weight is 346 g/mol. The van der Waals surface area contributed by atoms with Gasteiger partial charge >= 0.3 is 0 Å². The SMILES string of the molecule is O=C(Nc1ccccc1)c1cccc(S(=O)(=O)N2CCOCC2)c1. The number of morpholine rings is 1. The fourth-order valence-corrected chi connectivity index (χ4v) is 3.91. The van der Waals surface area contributed by atoms with Gasteiger partial charge in [-0.2, -0.15) is 4.31 Å². The molecule has 1 aliphatic heterocycles. The quantitative estimate of drug-likeness (QED) is 0.918. The second kappa shape index (κ2) is 7.12. The molecular formula is C17H18N2O4S. The molecule has 7 heteroatoms. The fraction of sp³-hybridized carbons (Fsp3) is 0.235. The Morgan fingerprint density at radius 2 is 1.71 bits per heavy atom. The fourth-order valence-electron chi connectivity index (χ4n) is 2.46. The van der Waals surface area contributed by atoms with Crippen LogP contribution in [0.2, 0.25) is 0 Å². The lowest BCUT2D eigenvalue weighted by Gasteiger charge is -2.26. The van der Waals surface area contributed by atoms with E-state index in [1.165, 1.54) is 16.4 Å². The van der Waals surface area contributed by atoms with E-state index < -0.39 is 10.0 Å². The van der Waals surface area contributed by atoms with Crippen molar-refractivity contribution in [2.24, 2.45) is 0 Å². The molecule has 0 aromatic heterocycles. The Balaban J connectivity index is 1.82. The van der Waals surface area contributed by atoms with E-state index in [0.717, 1.165) is 0 Å². The van der Waals surface area contributed by atoms with Gasteiger partial charge in [-0.15, -0.1) is 0 Å². The number of nitrogens with one attached hydrogen (secondary N) is 1. The van der Waals surface area contributed by atoms with E-state index >= 15 is 0 Å². The molecule has 0 saturated carbocycles. The molecule has 0 radical (unpaired) electrons. The van der Waals surface area contributed by atoms with Crippen molar-refractivity contribution < 1.29 is 17.9 Å². The molecule has 126 valence electrons. The smallest absolute Gasteiger partial charge is 0.255 e. The zero-order chi connectivity index (χ0) is 17.0. The van der Waals surface area contributed by atoms with E-state index in [4.69, 9.17) is 4.74 Å². The monoisotopic (exact) mass is 346 g/mol. The minimum Gasteiger partial charge on any atom is -0.379 e. The summed E-state index contributed by atoms with van der Waals surface area (Å²) in [7, 11) is -3.62. The van der Waals surface area contributed by atoms with Crippen LogP contribution in [0, 0.1) is 0 Å². The molecule has 1 aliphatic rings. The molecule has 0 atom stereocenters. The van der Waals surface area contributed by atoms with Crippen molar-refractivity contribution in [2.75, 3.05) is 31.6 Å². The number of rotatable bonds is 4. The molecule has 6 nitrogen and oxygen atoms in total. The summed E-state index contributed by atoms with van der Waals surface area (Å²) in [4.78, 5) is 12.4. The van der Waals surface area contributed by atoms with Crippen LogP contribution in [0.15, 0.2) is 59.5 Å². The molecule has 1 heterocycles. The number of para-hydroxylation sites is 1. The van der Waals surface area contributed by atoms with Gasteiger partial charge in [0, 0.05) is 24.3 Å². The molecule has 3 rings (SSSR count). The molecule has 1 amide bonds. The van der Waals surface area contributed by atoms with Crippen LogP contribution >= 0.6 is 0 Å². The van der Waals surface area contributed by atoms with Gasteiger partial charge in [-0.25, -0.2) is 8.42 Å². The highest BCUT2D eigenvalue weighted by Gasteiger charge is 2.26. The predicted octanol–water partition coefficient (Wildman–Crippen LogP) is 1.96. The third-order valence-electron chi connectivity index (χ3n) is 3.74. The molecule has 1 saturated heterocycles. The first-order chi connectivity index (χ1) is 11.6. The number of carbonyl (C=O) groups is 1. The standard InChI is InChI=1S/C17H18N2O4S/c20-17(18-15-6-2-1-3-7-15)14-5-4-8-16(13-14)24(21,22)19-9-11-23-12-10-19/h1-8,13H,9-12H2,(H,18,20). The van der Waals surface area contributed by atoms with Crippen molar-refractivity contribution in [1.29, 1.82) is 0 Å². The van der Waals surface area contributed by atoms with Crippen molar-refractivity contribution in [3.05, 3.63) is 60.2 Å². The molecule has 2 aromatic carbocycles. The van der Waals surface area contributed by atoms with Gasteiger partial charge in [0.15, 0.2) is 0 Å². The number of ether oxygens (including phenoxy) is 1. The maximum absolute atomic E-state index is 12.7. The van der Waals surface area contributed by atoms with Gasteiger partial charge in [0.25, 0.3) is 5.91 Å². The van der Waals surface area contributed by atoms with Crippen LogP contribution in [-0.2, 0) is 14.8 Å². The van der Waals surface area contributed by atoms with Crippen molar-refractivity contribution in [1.82, 2.24) is 4.31 Å². The third-order valence-corrected chi connectivity index (χ3v) is 5.63. The van der Waals surface area contributed by atoms with Crippen molar-refractivity contribution in [3.8, 4) is 0 Å². The summed E-state index contributed by atoms with van der Waals surface area (Å²) < 4.78 is 31.9. The summed E-state index contributed by atoms with van der Waals surface area (Å²) >= 11 is 0. The Kier molecular flexibility index (Phi) is 4.94. The van der Waals surface area contributed by atoms with Crippen LogP contribution in [0.4, 0.5) is 5.69 Å². The van der Waals surface area contributed by atoms with E-state index in [0.29, 0.717) is 37.6 Å². The number of nitrogens with zero attached hydrogens (tertiary/aromatic N) is 1. The lowest BCUT2D eigenvalue weighted by atomic mass is 10.2. The maximum atomic E-state index is 12.7. The first-order valence-electron chi connectivity index (χ1n) is 7.62. The zero-order valence-electron chi connectivity index (χ0n) is 13.0. The first kappa shape index (κ1) is 16.6. The second-order valence-corrected chi connectivity index (χ2v) is 7.30. The summed E-state index contributed by atoms with van der Waals surface area (Å²) in [5, 5.41) is 2.75. The van der Waals surface area contributed by atoms with E-state index in [1.807, 2.05) is 18.2 Å². The van der Waals surface area contributed by atoms with E-state index in [1.54, 1.807) is 24.3 Å². The molecule has 0 unspecified atom stereocenters. The van der Waals surface area contributed by atoms with Crippen molar-refractivity contribution in [3.63, 3.8) is 0 Å².